The Morgan fingerprint density at radius 3 is 2.58 bits per heavy atom. The van der Waals surface area contributed by atoms with Crippen molar-refractivity contribution in [1.29, 1.82) is 0 Å². The second kappa shape index (κ2) is 11.4. The predicted octanol–water partition coefficient (Wildman–Crippen LogP) is 2.54. The Morgan fingerprint density at radius 1 is 1.06 bits per heavy atom. The molecule has 1 aromatic carbocycles. The maximum absolute atomic E-state index is 13.3. The lowest BCUT2D eigenvalue weighted by molar-refractivity contribution is -0.132. The van der Waals surface area contributed by atoms with Gasteiger partial charge in [0.15, 0.2) is 0 Å². The molecule has 0 unspecified atom stereocenters. The summed E-state index contributed by atoms with van der Waals surface area (Å²) in [5.41, 5.74) is 3.04. The topological polar surface area (TPSA) is 91.0 Å². The highest BCUT2D eigenvalue weighted by atomic mass is 16.5. The van der Waals surface area contributed by atoms with E-state index >= 15 is 0 Å². The summed E-state index contributed by atoms with van der Waals surface area (Å²) in [7, 11) is 1.66. The van der Waals surface area contributed by atoms with Crippen molar-refractivity contribution < 1.29 is 19.1 Å². The molecule has 2 saturated heterocycles. The highest BCUT2D eigenvalue weighted by Crippen LogP contribution is 2.30. The summed E-state index contributed by atoms with van der Waals surface area (Å²) in [5.74, 6) is 1.84. The molecule has 0 spiro atoms. The molecule has 2 aromatic rings. The van der Waals surface area contributed by atoms with E-state index in [1.54, 1.807) is 7.11 Å². The Bertz CT molecular complexity index is 1040. The van der Waals surface area contributed by atoms with E-state index < -0.39 is 0 Å². The molecule has 5 rings (SSSR count). The summed E-state index contributed by atoms with van der Waals surface area (Å²) in [6.45, 7) is 5.25. The van der Waals surface area contributed by atoms with Gasteiger partial charge in [-0.25, -0.2) is 0 Å². The minimum absolute atomic E-state index is 0.0261. The smallest absolute Gasteiger partial charge is 0.236 e. The second-order valence-electron chi connectivity index (χ2n) is 10.2. The monoisotopic (exact) mass is 495 g/mol. The number of carbonyl (C=O) groups excluding carboxylic acids is 2. The van der Waals surface area contributed by atoms with Crippen LogP contribution in [-0.2, 0) is 20.9 Å². The fraction of sp³-hybridized carbons (Fsp3) is 0.593. The fourth-order valence-electron chi connectivity index (χ4n) is 5.12. The first-order chi connectivity index (χ1) is 17.6. The quantitative estimate of drug-likeness (QED) is 0.515. The van der Waals surface area contributed by atoms with Crippen molar-refractivity contribution in [2.75, 3.05) is 53.0 Å². The minimum atomic E-state index is -0.0261. The number of hydrogen-bond acceptors (Lipinski definition) is 6. The zero-order chi connectivity index (χ0) is 24.9. The summed E-state index contributed by atoms with van der Waals surface area (Å²) in [5, 5.41) is 7.42. The number of benzene rings is 1. The molecule has 0 radical (unpaired) electrons. The third-order valence-corrected chi connectivity index (χ3v) is 7.38. The first-order valence-corrected chi connectivity index (χ1v) is 13.1. The van der Waals surface area contributed by atoms with Crippen molar-refractivity contribution in [3.05, 3.63) is 36.0 Å². The third kappa shape index (κ3) is 6.25. The zero-order valence-electron chi connectivity index (χ0n) is 21.2. The van der Waals surface area contributed by atoms with E-state index in [1.807, 2.05) is 40.3 Å². The van der Waals surface area contributed by atoms with Gasteiger partial charge in [-0.1, -0.05) is 0 Å². The van der Waals surface area contributed by atoms with Crippen LogP contribution in [0.25, 0.3) is 11.3 Å². The number of hydrogen-bond donors (Lipinski definition) is 1. The minimum Gasteiger partial charge on any atom is -0.497 e. The number of rotatable bonds is 11. The van der Waals surface area contributed by atoms with E-state index in [0.717, 1.165) is 55.1 Å². The van der Waals surface area contributed by atoms with Crippen LogP contribution in [0.3, 0.4) is 0 Å². The summed E-state index contributed by atoms with van der Waals surface area (Å²) < 4.78 is 11.6. The van der Waals surface area contributed by atoms with Crippen molar-refractivity contribution >= 4 is 11.8 Å². The Morgan fingerprint density at radius 2 is 1.86 bits per heavy atom. The van der Waals surface area contributed by atoms with Crippen LogP contribution in [0.4, 0.5) is 0 Å². The van der Waals surface area contributed by atoms with Crippen molar-refractivity contribution in [3.8, 4) is 17.0 Å². The molecule has 1 saturated carbocycles. The number of aromatic amines is 1. The molecule has 9 heteroatoms. The van der Waals surface area contributed by atoms with E-state index in [9.17, 15) is 9.59 Å². The van der Waals surface area contributed by atoms with Gasteiger partial charge in [0.05, 0.1) is 31.6 Å². The number of methoxy groups -OCH3 is 1. The number of aromatic nitrogens is 2. The second-order valence-corrected chi connectivity index (χ2v) is 10.2. The number of H-pyrrole nitrogens is 1. The SMILES string of the molecule is COc1ccc(-c2[nH]ncc2CN2CC(=O)N(CCCN3CCCC3=O)C[C@H](OCC3CC3)C2)cc1. The lowest BCUT2D eigenvalue weighted by atomic mass is 10.1. The first kappa shape index (κ1) is 24.8. The molecular formula is C27H37N5O4. The van der Waals surface area contributed by atoms with E-state index in [0.29, 0.717) is 45.1 Å². The average molecular weight is 496 g/mol. The molecule has 3 heterocycles. The molecule has 1 aromatic heterocycles. The van der Waals surface area contributed by atoms with Gasteiger partial charge in [0.1, 0.15) is 5.75 Å². The average Bonchev–Trinajstić information content (AvgIpc) is 3.50. The summed E-state index contributed by atoms with van der Waals surface area (Å²) >= 11 is 0. The van der Waals surface area contributed by atoms with Crippen LogP contribution in [0.15, 0.2) is 30.5 Å². The molecule has 2 amide bonds. The molecular weight excluding hydrogens is 458 g/mol. The van der Waals surface area contributed by atoms with Crippen molar-refractivity contribution in [2.45, 2.75) is 44.8 Å². The van der Waals surface area contributed by atoms with Crippen LogP contribution in [0.1, 0.15) is 37.7 Å². The third-order valence-electron chi connectivity index (χ3n) is 7.38. The lowest BCUT2D eigenvalue weighted by Gasteiger charge is -2.25. The first-order valence-electron chi connectivity index (χ1n) is 13.1. The summed E-state index contributed by atoms with van der Waals surface area (Å²) in [6, 6.07) is 7.89. The highest BCUT2D eigenvalue weighted by Gasteiger charge is 2.31. The number of nitrogens with zero attached hydrogens (tertiary/aromatic N) is 4. The van der Waals surface area contributed by atoms with Crippen LogP contribution in [-0.4, -0.2) is 95.8 Å². The van der Waals surface area contributed by atoms with Gasteiger partial charge in [0.25, 0.3) is 0 Å². The number of likely N-dealkylation sites (tertiary alicyclic amines) is 1. The van der Waals surface area contributed by atoms with Crippen LogP contribution in [0.5, 0.6) is 5.75 Å². The maximum Gasteiger partial charge on any atom is 0.236 e. The largest absolute Gasteiger partial charge is 0.497 e. The fourth-order valence-corrected chi connectivity index (χ4v) is 5.12. The summed E-state index contributed by atoms with van der Waals surface area (Å²) in [6.07, 6.45) is 6.70. The molecule has 1 atom stereocenters. The lowest BCUT2D eigenvalue weighted by Crippen LogP contribution is -2.40. The molecule has 2 aliphatic heterocycles. The Balaban J connectivity index is 1.24. The van der Waals surface area contributed by atoms with Crippen LogP contribution in [0, 0.1) is 5.92 Å². The van der Waals surface area contributed by atoms with Gasteiger partial charge in [0.2, 0.25) is 11.8 Å². The molecule has 3 fully saturated rings. The molecule has 1 N–H and O–H groups in total. The Kier molecular flexibility index (Phi) is 7.87. The standard InChI is InChI=1S/C27H37N5O4/c1-35-23-9-7-21(8-10-23)27-22(14-28-29-27)15-30-16-24(36-19-20-5-6-20)17-32(26(34)18-30)13-3-12-31-11-2-4-25(31)33/h7-10,14,20,24H,2-6,11-13,15-19H2,1H3,(H,28,29)/t24-/m1/s1. The van der Waals surface area contributed by atoms with Gasteiger partial charge in [-0.3, -0.25) is 19.6 Å². The molecule has 9 nitrogen and oxygen atoms in total. The van der Waals surface area contributed by atoms with Gasteiger partial charge in [0, 0.05) is 63.4 Å². The van der Waals surface area contributed by atoms with E-state index in [1.165, 1.54) is 12.8 Å². The number of ether oxygens (including phenoxy) is 2. The van der Waals surface area contributed by atoms with E-state index in [4.69, 9.17) is 9.47 Å². The van der Waals surface area contributed by atoms with Gasteiger partial charge < -0.3 is 19.3 Å². The Labute approximate surface area is 212 Å². The van der Waals surface area contributed by atoms with Crippen molar-refractivity contribution in [2.24, 2.45) is 5.92 Å². The van der Waals surface area contributed by atoms with Crippen LogP contribution in [0.2, 0.25) is 0 Å². The van der Waals surface area contributed by atoms with Gasteiger partial charge in [-0.05, 0) is 55.9 Å². The highest BCUT2D eigenvalue weighted by molar-refractivity contribution is 5.79. The van der Waals surface area contributed by atoms with Crippen LogP contribution < -0.4 is 4.74 Å². The molecule has 36 heavy (non-hydrogen) atoms. The summed E-state index contributed by atoms with van der Waals surface area (Å²) in [4.78, 5) is 31.3. The maximum atomic E-state index is 13.3. The van der Waals surface area contributed by atoms with Crippen LogP contribution >= 0.6 is 0 Å². The van der Waals surface area contributed by atoms with E-state index in [2.05, 4.69) is 15.1 Å². The molecule has 3 aliphatic rings. The normalized spacial score (nSPS) is 21.3. The van der Waals surface area contributed by atoms with Crippen molar-refractivity contribution in [1.82, 2.24) is 24.9 Å². The Hall–Kier alpha value is -2.91. The van der Waals surface area contributed by atoms with E-state index in [-0.39, 0.29) is 17.9 Å². The predicted molar refractivity (Wildman–Crippen MR) is 135 cm³/mol. The number of nitrogens with one attached hydrogen (secondary N) is 1. The van der Waals surface area contributed by atoms with Gasteiger partial charge in [-0.2, -0.15) is 5.10 Å². The molecule has 0 bridgehead atoms. The van der Waals surface area contributed by atoms with Crippen molar-refractivity contribution in [3.63, 3.8) is 0 Å². The number of carbonyl (C=O) groups is 2. The zero-order valence-corrected chi connectivity index (χ0v) is 21.2. The van der Waals surface area contributed by atoms with Gasteiger partial charge >= 0.3 is 0 Å². The number of amides is 2. The van der Waals surface area contributed by atoms with Gasteiger partial charge in [-0.15, -0.1) is 0 Å². The molecule has 194 valence electrons. The molecule has 1 aliphatic carbocycles.